The molecule has 2 aliphatic carbocycles. The van der Waals surface area contributed by atoms with Gasteiger partial charge in [-0.15, -0.1) is 0 Å². The summed E-state index contributed by atoms with van der Waals surface area (Å²) in [5.41, 5.74) is 10.9. The zero-order valence-corrected chi connectivity index (χ0v) is 50.7. The highest BCUT2D eigenvalue weighted by molar-refractivity contribution is 7.90. The Bertz CT molecular complexity index is 3820. The van der Waals surface area contributed by atoms with Crippen LogP contribution in [-0.4, -0.2) is 151 Å². The number of sulfonamides is 1. The molecule has 6 aromatic rings. The minimum Gasteiger partial charge on any atom is -0.455 e. The molecule has 19 nitrogen and oxygen atoms in total. The van der Waals surface area contributed by atoms with Crippen molar-refractivity contribution in [1.29, 1.82) is 0 Å². The van der Waals surface area contributed by atoms with Crippen LogP contribution in [0.4, 0.5) is 17.1 Å². The van der Waals surface area contributed by atoms with Gasteiger partial charge in [-0.25, -0.2) is 18.1 Å². The second kappa shape index (κ2) is 25.5. The number of pyridine rings is 1. The molecule has 4 aliphatic heterocycles. The van der Waals surface area contributed by atoms with Gasteiger partial charge in [0.1, 0.15) is 23.2 Å². The van der Waals surface area contributed by atoms with Crippen LogP contribution in [0.1, 0.15) is 109 Å². The summed E-state index contributed by atoms with van der Waals surface area (Å²) in [6, 6.07) is 26.8. The molecule has 454 valence electrons. The van der Waals surface area contributed by atoms with Crippen LogP contribution in [0.25, 0.3) is 16.6 Å². The van der Waals surface area contributed by atoms with Gasteiger partial charge in [-0.05, 0) is 146 Å². The molecule has 1 atom stereocenters. The number of carbonyl (C=O) groups is 4. The number of halogens is 1. The van der Waals surface area contributed by atoms with Crippen molar-refractivity contribution in [1.82, 2.24) is 39.6 Å². The molecule has 4 amide bonds. The fraction of sp³-hybridized carbons (Fsp3) is 0.409. The molecule has 1 unspecified atom stereocenters. The van der Waals surface area contributed by atoms with E-state index in [-0.39, 0.29) is 45.5 Å². The van der Waals surface area contributed by atoms with Gasteiger partial charge in [-0.2, -0.15) is 0 Å². The predicted octanol–water partition coefficient (Wildman–Crippen LogP) is 9.12. The van der Waals surface area contributed by atoms with Gasteiger partial charge in [0.2, 0.25) is 11.8 Å². The fourth-order valence-corrected chi connectivity index (χ4v) is 14.5. The van der Waals surface area contributed by atoms with Crippen molar-refractivity contribution in [2.75, 3.05) is 87.7 Å². The van der Waals surface area contributed by atoms with Gasteiger partial charge in [-0.3, -0.25) is 49.9 Å². The van der Waals surface area contributed by atoms with Gasteiger partial charge in [-0.1, -0.05) is 61.1 Å². The van der Waals surface area contributed by atoms with Crippen LogP contribution in [0.15, 0.2) is 114 Å². The number of H-pyrrole nitrogens is 1. The lowest BCUT2D eigenvalue weighted by atomic mass is 9.72. The number of nitrogens with one attached hydrogen (secondary N) is 5. The van der Waals surface area contributed by atoms with E-state index >= 15 is 0 Å². The minimum absolute atomic E-state index is 0.0193. The van der Waals surface area contributed by atoms with Crippen molar-refractivity contribution in [3.05, 3.63) is 142 Å². The molecule has 3 saturated heterocycles. The van der Waals surface area contributed by atoms with Gasteiger partial charge < -0.3 is 24.8 Å². The number of ether oxygens (including phenoxy) is 1. The first-order valence-corrected chi connectivity index (χ1v) is 32.2. The van der Waals surface area contributed by atoms with E-state index < -0.39 is 27.9 Å². The Morgan fingerprint density at radius 1 is 0.862 bits per heavy atom. The zero-order chi connectivity index (χ0) is 60.4. The first-order chi connectivity index (χ1) is 42.0. The highest BCUT2D eigenvalue weighted by Crippen LogP contribution is 2.44. The van der Waals surface area contributed by atoms with Crippen molar-refractivity contribution >= 4 is 78.9 Å². The predicted molar refractivity (Wildman–Crippen MR) is 335 cm³/mol. The first kappa shape index (κ1) is 59.6. The van der Waals surface area contributed by atoms with Crippen LogP contribution in [0.2, 0.25) is 5.02 Å². The number of allylic oxidation sites excluding steroid dienone is 1. The lowest BCUT2D eigenvalue weighted by Crippen LogP contribution is -2.52. The third-order valence-corrected chi connectivity index (χ3v) is 20.0. The van der Waals surface area contributed by atoms with Crippen LogP contribution in [0.5, 0.6) is 11.5 Å². The first-order valence-electron chi connectivity index (χ1n) is 30.3. The molecule has 21 heteroatoms. The largest absolute Gasteiger partial charge is 0.455 e. The molecule has 1 saturated carbocycles. The SMILES string of the molecule is CC1(C)CCC(CN2CCN(c3ccc(C(=O)NS(=O)(=O)c4ccc(NC[C@H]5CC[C@@H](N6CCN(CC#Cc7cccc8c7CN(C7CCC(=O)NC7=O)C8=O)CC6)CC5)c(NO)c4)c(Oc4cnc5[nH]ccc5c4)c3)CC2)=C(c2ccc(Cl)cc2)C1. The van der Waals surface area contributed by atoms with E-state index in [1.807, 2.05) is 42.5 Å². The number of aromatic amines is 1. The quantitative estimate of drug-likeness (QED) is 0.0302. The van der Waals surface area contributed by atoms with Crippen LogP contribution in [0, 0.1) is 23.2 Å². The third kappa shape index (κ3) is 13.5. The van der Waals surface area contributed by atoms with Crippen LogP contribution in [0.3, 0.4) is 0 Å². The van der Waals surface area contributed by atoms with Gasteiger partial charge in [0, 0.05) is 124 Å². The van der Waals surface area contributed by atoms with Gasteiger partial charge in [0.25, 0.3) is 21.8 Å². The molecule has 4 fully saturated rings. The molecule has 4 aromatic carbocycles. The van der Waals surface area contributed by atoms with E-state index in [2.05, 4.69) is 88.2 Å². The summed E-state index contributed by atoms with van der Waals surface area (Å²) in [6.07, 6.45) is 11.2. The minimum atomic E-state index is -4.45. The average Bonchev–Trinajstić information content (AvgIpc) is 3.47. The number of piperidine rings is 1. The maximum Gasteiger partial charge on any atom is 0.268 e. The normalized spacial score (nSPS) is 21.3. The van der Waals surface area contributed by atoms with E-state index in [4.69, 9.17) is 16.3 Å². The summed E-state index contributed by atoms with van der Waals surface area (Å²) < 4.78 is 36.7. The fourth-order valence-electron chi connectivity index (χ4n) is 13.4. The molecule has 6 N–H and O–H groups in total. The number of nitrogens with zero attached hydrogens (tertiary/aromatic N) is 6. The second-order valence-corrected chi connectivity index (χ2v) is 26.8. The number of benzene rings is 4. The molecule has 6 heterocycles. The summed E-state index contributed by atoms with van der Waals surface area (Å²) in [6.45, 7) is 13.9. The molecule has 0 spiro atoms. The molecular weight excluding hydrogens is 1140 g/mol. The van der Waals surface area contributed by atoms with Crippen molar-refractivity contribution in [3.63, 3.8) is 0 Å². The van der Waals surface area contributed by atoms with E-state index in [0.717, 1.165) is 131 Å². The average molecular weight is 1220 g/mol. The lowest BCUT2D eigenvalue weighted by molar-refractivity contribution is -0.136. The van der Waals surface area contributed by atoms with Gasteiger partial charge in [0.05, 0.1) is 34.6 Å². The molecule has 87 heavy (non-hydrogen) atoms. The van der Waals surface area contributed by atoms with Crippen molar-refractivity contribution in [2.45, 2.75) is 95.2 Å². The van der Waals surface area contributed by atoms with Crippen LogP contribution < -0.4 is 30.5 Å². The number of imide groups is 1. The molecule has 6 aliphatic rings. The topological polar surface area (TPSA) is 225 Å². The number of hydrogen-bond acceptors (Lipinski definition) is 15. The standard InChI is InChI=1S/C66H74ClN11O8S/c1-66(2)24-22-47(55(38-66)45-10-12-48(67)13-11-45)41-75-29-33-77(34-30-75)50-16-18-54(60(36-50)86-51-35-46-23-25-68-62(46)70-40-51)63(80)73-87(84,85)52-17-19-57(58(37-52)72-83)69-39-43-8-14-49(15-9-43)76-31-27-74(28-32-76)26-4-6-44-5-3-7-53-56(44)42-78(65(53)82)59-20-21-61(79)71-64(59)81/h3,5,7,10-13,16-19,23,25,35-37,40,43,49,59,69,72,83H,8-9,14-15,20-22,24,26-34,38-39,41-42H2,1-2H3,(H,68,70)(H,73,80)(H,71,79,81)/t43-,49+,59?. The third-order valence-electron chi connectivity index (χ3n) is 18.4. The number of fused-ring (bicyclic) bond motifs is 2. The number of hydrogen-bond donors (Lipinski definition) is 6. The summed E-state index contributed by atoms with van der Waals surface area (Å²) in [5.74, 6) is 5.74. The number of piperazine rings is 2. The molecule has 0 radical (unpaired) electrons. The number of carbonyl (C=O) groups excluding carboxylic acids is 4. The monoisotopic (exact) mass is 1220 g/mol. The maximum atomic E-state index is 14.2. The Labute approximate surface area is 512 Å². The summed E-state index contributed by atoms with van der Waals surface area (Å²) >= 11 is 6.28. The number of amides is 4. The lowest BCUT2D eigenvalue weighted by Gasteiger charge is -2.41. The van der Waals surface area contributed by atoms with Crippen molar-refractivity contribution in [2.24, 2.45) is 11.3 Å². The zero-order valence-electron chi connectivity index (χ0n) is 49.2. The maximum absolute atomic E-state index is 14.2. The Hall–Kier alpha value is -7.77. The van der Waals surface area contributed by atoms with E-state index in [1.54, 1.807) is 41.6 Å². The Balaban J connectivity index is 0.633. The number of rotatable bonds is 16. The number of anilines is 3. The van der Waals surface area contributed by atoms with Gasteiger partial charge >= 0.3 is 0 Å². The summed E-state index contributed by atoms with van der Waals surface area (Å²) in [5, 5.41) is 17.6. The van der Waals surface area contributed by atoms with Gasteiger partial charge in [0.15, 0.2) is 0 Å². The van der Waals surface area contributed by atoms with E-state index in [1.165, 1.54) is 28.8 Å². The van der Waals surface area contributed by atoms with Crippen molar-refractivity contribution < 1.29 is 37.5 Å². The molecule has 12 rings (SSSR count). The van der Waals surface area contributed by atoms with Crippen LogP contribution in [-0.2, 0) is 26.2 Å². The Morgan fingerprint density at radius 2 is 1.64 bits per heavy atom. The smallest absolute Gasteiger partial charge is 0.268 e. The second-order valence-electron chi connectivity index (χ2n) is 24.7. The number of aromatic nitrogens is 2. The van der Waals surface area contributed by atoms with Crippen molar-refractivity contribution in [3.8, 4) is 23.3 Å². The molecule has 2 aromatic heterocycles. The Morgan fingerprint density at radius 3 is 2.41 bits per heavy atom. The van der Waals surface area contributed by atoms with Crippen LogP contribution >= 0.6 is 11.6 Å². The van der Waals surface area contributed by atoms with E-state index in [0.29, 0.717) is 60.7 Å². The highest BCUT2D eigenvalue weighted by atomic mass is 35.5. The summed E-state index contributed by atoms with van der Waals surface area (Å²) in [7, 11) is -4.45. The molecular formula is C66H74ClN11O8S. The summed E-state index contributed by atoms with van der Waals surface area (Å²) in [4.78, 5) is 70.4. The Kier molecular flexibility index (Phi) is 17.5. The van der Waals surface area contributed by atoms with E-state index in [9.17, 15) is 32.8 Å². The highest BCUT2D eigenvalue weighted by Gasteiger charge is 2.40. The molecule has 0 bridgehead atoms.